The monoisotopic (exact) mass is 285 g/mol. The summed E-state index contributed by atoms with van der Waals surface area (Å²) in [7, 11) is 0. The van der Waals surface area contributed by atoms with E-state index in [1.165, 1.54) is 0 Å². The molecule has 21 heavy (non-hydrogen) atoms. The molecule has 0 bridgehead atoms. The maximum absolute atomic E-state index is 12.1. The van der Waals surface area contributed by atoms with Crippen molar-refractivity contribution in [2.75, 3.05) is 5.73 Å². The normalized spacial score (nSPS) is 10.5. The van der Waals surface area contributed by atoms with Crippen LogP contribution in [0.4, 0.5) is 5.69 Å². The van der Waals surface area contributed by atoms with Crippen LogP contribution in [0, 0.1) is 6.92 Å². The van der Waals surface area contributed by atoms with Gasteiger partial charge in [0.15, 0.2) is 0 Å². The van der Waals surface area contributed by atoms with E-state index in [1.807, 2.05) is 37.3 Å². The van der Waals surface area contributed by atoms with Crippen molar-refractivity contribution in [3.05, 3.63) is 53.6 Å². The van der Waals surface area contributed by atoms with Gasteiger partial charge in [-0.25, -0.2) is 4.79 Å². The highest BCUT2D eigenvalue weighted by Gasteiger charge is 2.16. The smallest absolute Gasteiger partial charge is 0.340 e. The molecule has 4 nitrogen and oxygen atoms in total. The zero-order valence-electron chi connectivity index (χ0n) is 12.4. The fourth-order valence-electron chi connectivity index (χ4n) is 1.90. The highest BCUT2D eigenvalue weighted by molar-refractivity contribution is 5.96. The van der Waals surface area contributed by atoms with Gasteiger partial charge in [0.1, 0.15) is 11.5 Å². The summed E-state index contributed by atoms with van der Waals surface area (Å²) in [6, 6.07) is 12.8. The van der Waals surface area contributed by atoms with E-state index in [4.69, 9.17) is 15.2 Å². The third-order valence-corrected chi connectivity index (χ3v) is 2.90. The Balaban J connectivity index is 2.32. The molecule has 0 spiro atoms. The van der Waals surface area contributed by atoms with E-state index < -0.39 is 5.97 Å². The van der Waals surface area contributed by atoms with Crippen molar-refractivity contribution in [1.82, 2.24) is 0 Å². The van der Waals surface area contributed by atoms with Crippen molar-refractivity contribution in [2.24, 2.45) is 0 Å². The maximum atomic E-state index is 12.1. The quantitative estimate of drug-likeness (QED) is 0.683. The van der Waals surface area contributed by atoms with Gasteiger partial charge in [0.2, 0.25) is 0 Å². The molecule has 0 heterocycles. The molecule has 2 aromatic rings. The first-order valence-corrected chi connectivity index (χ1v) is 6.81. The Morgan fingerprint density at radius 3 is 2.38 bits per heavy atom. The molecule has 0 aliphatic rings. The molecule has 0 saturated carbocycles. The third-order valence-electron chi connectivity index (χ3n) is 2.90. The molecule has 0 radical (unpaired) electrons. The Labute approximate surface area is 124 Å². The first-order valence-electron chi connectivity index (χ1n) is 6.81. The Bertz CT molecular complexity index is 636. The molecule has 4 heteroatoms. The Morgan fingerprint density at radius 1 is 1.10 bits per heavy atom. The lowest BCUT2D eigenvalue weighted by atomic mass is 10.1. The first-order chi connectivity index (χ1) is 9.97. The fraction of sp³-hybridized carbons (Fsp3) is 0.235. The highest BCUT2D eigenvalue weighted by atomic mass is 16.5. The fourth-order valence-corrected chi connectivity index (χ4v) is 1.90. The van der Waals surface area contributed by atoms with Crippen LogP contribution in [-0.2, 0) is 4.74 Å². The molecule has 0 fully saturated rings. The average Bonchev–Trinajstić information content (AvgIpc) is 2.43. The van der Waals surface area contributed by atoms with Gasteiger partial charge in [-0.05, 0) is 50.6 Å². The number of esters is 1. The minimum atomic E-state index is -0.441. The molecular formula is C17H19NO3. The van der Waals surface area contributed by atoms with Crippen LogP contribution >= 0.6 is 0 Å². The van der Waals surface area contributed by atoms with Gasteiger partial charge in [-0.2, -0.15) is 0 Å². The summed E-state index contributed by atoms with van der Waals surface area (Å²) >= 11 is 0. The predicted molar refractivity (Wildman–Crippen MR) is 82.7 cm³/mol. The lowest BCUT2D eigenvalue weighted by Crippen LogP contribution is -2.14. The standard InChI is InChI=1S/C17H19NO3/c1-11(2)20-17(19)15-10-14(9-12(3)16(15)18)21-13-7-5-4-6-8-13/h4-11H,18H2,1-3H3. The third kappa shape index (κ3) is 3.75. The van der Waals surface area contributed by atoms with Crippen molar-refractivity contribution in [1.29, 1.82) is 0 Å². The maximum Gasteiger partial charge on any atom is 0.340 e. The molecule has 0 amide bonds. The van der Waals surface area contributed by atoms with Crippen molar-refractivity contribution in [3.63, 3.8) is 0 Å². The molecule has 0 aromatic heterocycles. The number of nitrogens with two attached hydrogens (primary N) is 1. The van der Waals surface area contributed by atoms with Crippen LogP contribution in [0.25, 0.3) is 0 Å². The minimum Gasteiger partial charge on any atom is -0.459 e. The largest absolute Gasteiger partial charge is 0.459 e. The number of rotatable bonds is 4. The van der Waals surface area contributed by atoms with E-state index in [0.717, 1.165) is 5.56 Å². The molecule has 0 aliphatic carbocycles. The van der Waals surface area contributed by atoms with E-state index in [2.05, 4.69) is 0 Å². The summed E-state index contributed by atoms with van der Waals surface area (Å²) in [5.74, 6) is 0.817. The Morgan fingerprint density at radius 2 is 1.76 bits per heavy atom. The highest BCUT2D eigenvalue weighted by Crippen LogP contribution is 2.28. The molecular weight excluding hydrogens is 266 g/mol. The van der Waals surface area contributed by atoms with Crippen molar-refractivity contribution in [3.8, 4) is 11.5 Å². The van der Waals surface area contributed by atoms with Crippen LogP contribution in [0.15, 0.2) is 42.5 Å². The molecule has 0 saturated heterocycles. The van der Waals surface area contributed by atoms with Gasteiger partial charge in [0.05, 0.1) is 11.7 Å². The second kappa shape index (κ2) is 6.31. The van der Waals surface area contributed by atoms with Crippen LogP contribution in [0.1, 0.15) is 29.8 Å². The van der Waals surface area contributed by atoms with Crippen molar-refractivity contribution < 1.29 is 14.3 Å². The van der Waals surface area contributed by atoms with Crippen molar-refractivity contribution in [2.45, 2.75) is 26.9 Å². The lowest BCUT2D eigenvalue weighted by Gasteiger charge is -2.14. The molecule has 2 aromatic carbocycles. The number of nitrogen functional groups attached to an aromatic ring is 1. The van der Waals surface area contributed by atoms with Gasteiger partial charge in [-0.15, -0.1) is 0 Å². The topological polar surface area (TPSA) is 61.5 Å². The number of hydrogen-bond acceptors (Lipinski definition) is 4. The van der Waals surface area contributed by atoms with Gasteiger partial charge < -0.3 is 15.2 Å². The van der Waals surface area contributed by atoms with Crippen LogP contribution in [0.5, 0.6) is 11.5 Å². The number of ether oxygens (including phenoxy) is 2. The summed E-state index contributed by atoms with van der Waals surface area (Å²) in [4.78, 5) is 12.1. The SMILES string of the molecule is Cc1cc(Oc2ccccc2)cc(C(=O)OC(C)C)c1N. The molecule has 110 valence electrons. The number of carbonyl (C=O) groups is 1. The second-order valence-electron chi connectivity index (χ2n) is 5.07. The van der Waals surface area contributed by atoms with Gasteiger partial charge in [-0.3, -0.25) is 0 Å². The minimum absolute atomic E-state index is 0.198. The number of hydrogen-bond donors (Lipinski definition) is 1. The van der Waals surface area contributed by atoms with E-state index in [9.17, 15) is 4.79 Å². The Kier molecular flexibility index (Phi) is 4.48. The van der Waals surface area contributed by atoms with E-state index >= 15 is 0 Å². The molecule has 0 aliphatic heterocycles. The van der Waals surface area contributed by atoms with Gasteiger partial charge in [-0.1, -0.05) is 18.2 Å². The molecule has 2 rings (SSSR count). The number of anilines is 1. The van der Waals surface area contributed by atoms with Crippen LogP contribution < -0.4 is 10.5 Å². The molecule has 2 N–H and O–H groups in total. The van der Waals surface area contributed by atoms with E-state index in [0.29, 0.717) is 22.7 Å². The van der Waals surface area contributed by atoms with Crippen molar-refractivity contribution >= 4 is 11.7 Å². The van der Waals surface area contributed by atoms with Crippen LogP contribution in [-0.4, -0.2) is 12.1 Å². The van der Waals surface area contributed by atoms with Crippen LogP contribution in [0.3, 0.4) is 0 Å². The number of carbonyl (C=O) groups excluding carboxylic acids is 1. The zero-order chi connectivity index (χ0) is 15.4. The summed E-state index contributed by atoms with van der Waals surface area (Å²) in [5.41, 5.74) is 7.49. The average molecular weight is 285 g/mol. The summed E-state index contributed by atoms with van der Waals surface area (Å²) in [5, 5.41) is 0. The first kappa shape index (κ1) is 14.9. The molecule has 0 unspecified atom stereocenters. The lowest BCUT2D eigenvalue weighted by molar-refractivity contribution is 0.0379. The number of para-hydroxylation sites is 1. The zero-order valence-corrected chi connectivity index (χ0v) is 12.4. The van der Waals surface area contributed by atoms with Gasteiger partial charge in [0.25, 0.3) is 0 Å². The summed E-state index contributed by atoms with van der Waals surface area (Å²) < 4.78 is 10.9. The summed E-state index contributed by atoms with van der Waals surface area (Å²) in [6.07, 6.45) is -0.198. The Hall–Kier alpha value is -2.49. The molecule has 0 atom stereocenters. The van der Waals surface area contributed by atoms with Gasteiger partial charge >= 0.3 is 5.97 Å². The number of benzene rings is 2. The van der Waals surface area contributed by atoms with E-state index in [-0.39, 0.29) is 6.10 Å². The second-order valence-corrected chi connectivity index (χ2v) is 5.07. The van der Waals surface area contributed by atoms with Gasteiger partial charge in [0, 0.05) is 5.69 Å². The summed E-state index contributed by atoms with van der Waals surface area (Å²) in [6.45, 7) is 5.43. The number of aryl methyl sites for hydroxylation is 1. The van der Waals surface area contributed by atoms with Crippen LogP contribution in [0.2, 0.25) is 0 Å². The van der Waals surface area contributed by atoms with E-state index in [1.54, 1.807) is 26.0 Å². The predicted octanol–water partition coefficient (Wildman–Crippen LogP) is 3.93.